The van der Waals surface area contributed by atoms with Gasteiger partial charge in [0.25, 0.3) is 5.69 Å². The molecule has 0 aliphatic rings. The van der Waals surface area contributed by atoms with Crippen molar-refractivity contribution >= 4 is 21.2 Å². The maximum Gasteiger partial charge on any atom is 0.341 e. The summed E-state index contributed by atoms with van der Waals surface area (Å²) >= 11 is 0. The average Bonchev–Trinajstić information content (AvgIpc) is 3.21. The van der Waals surface area contributed by atoms with Crippen LogP contribution in [-0.2, 0) is 16.4 Å². The normalized spacial score (nSPS) is 11.5. The van der Waals surface area contributed by atoms with Crippen molar-refractivity contribution in [3.05, 3.63) is 70.9 Å². The van der Waals surface area contributed by atoms with Gasteiger partial charge in [0.2, 0.25) is 9.84 Å². The number of rotatable bonds is 7. The van der Waals surface area contributed by atoms with Gasteiger partial charge >= 0.3 is 5.76 Å². The molecule has 0 atom stereocenters. The van der Waals surface area contributed by atoms with E-state index < -0.39 is 31.1 Å². The summed E-state index contributed by atoms with van der Waals surface area (Å²) in [7, 11) is -4.93. The molecule has 9 nitrogen and oxygen atoms in total. The molecule has 0 spiro atoms. The zero-order valence-electron chi connectivity index (χ0n) is 14.1. The maximum atomic E-state index is 12.7. The summed E-state index contributed by atoms with van der Waals surface area (Å²) in [6.07, 6.45) is 6.41. The van der Waals surface area contributed by atoms with Crippen molar-refractivity contribution in [2.75, 3.05) is 5.32 Å². The number of nitrogens with zero attached hydrogens (tertiary/aromatic N) is 4. The van der Waals surface area contributed by atoms with E-state index in [2.05, 4.69) is 15.3 Å². The lowest BCUT2D eigenvalue weighted by Gasteiger charge is -2.10. The van der Waals surface area contributed by atoms with Gasteiger partial charge in [0.15, 0.2) is 0 Å². The van der Waals surface area contributed by atoms with Gasteiger partial charge < -0.3 is 5.32 Å². The van der Waals surface area contributed by atoms with E-state index in [-0.39, 0.29) is 12.2 Å². The van der Waals surface area contributed by atoms with E-state index in [0.717, 1.165) is 17.7 Å². The van der Waals surface area contributed by atoms with Crippen LogP contribution in [0.25, 0.3) is 5.82 Å². The highest BCUT2D eigenvalue weighted by Crippen LogP contribution is 2.30. The predicted molar refractivity (Wildman–Crippen MR) is 95.0 cm³/mol. The second kappa shape index (κ2) is 7.68. The minimum atomic E-state index is -4.93. The third-order valence-corrected chi connectivity index (χ3v) is 5.17. The van der Waals surface area contributed by atoms with Gasteiger partial charge in [0.1, 0.15) is 17.8 Å². The monoisotopic (exact) mass is 409 g/mol. The Morgan fingerprint density at radius 1 is 1.21 bits per heavy atom. The van der Waals surface area contributed by atoms with Crippen LogP contribution >= 0.6 is 0 Å². The fourth-order valence-corrected chi connectivity index (χ4v) is 3.13. The van der Waals surface area contributed by atoms with Crippen molar-refractivity contribution in [2.45, 2.75) is 17.2 Å². The Hall–Kier alpha value is -3.41. The molecule has 0 unspecified atom stereocenters. The van der Waals surface area contributed by atoms with Crippen molar-refractivity contribution in [3.63, 3.8) is 0 Å². The lowest BCUT2D eigenvalue weighted by molar-refractivity contribution is -0.384. The first kappa shape index (κ1) is 19.4. The summed E-state index contributed by atoms with van der Waals surface area (Å²) in [6.45, 7) is 0.159. The number of nitro benzene ring substituents is 1. The van der Waals surface area contributed by atoms with Crippen LogP contribution in [-0.4, -0.2) is 33.6 Å². The number of nitro groups is 1. The first-order valence-corrected chi connectivity index (χ1v) is 9.31. The second-order valence-electron chi connectivity index (χ2n) is 5.59. The molecule has 2 heterocycles. The summed E-state index contributed by atoms with van der Waals surface area (Å²) in [5, 5.41) is 14.1. The largest absolute Gasteiger partial charge is 0.375 e. The molecule has 3 rings (SSSR count). The molecule has 2 aromatic heterocycles. The number of alkyl halides is 2. The van der Waals surface area contributed by atoms with Gasteiger partial charge in [-0.1, -0.05) is 0 Å². The highest BCUT2D eigenvalue weighted by Gasteiger charge is 2.29. The molecule has 1 aromatic carbocycles. The molecular formula is C16H13F2N5O4S. The third kappa shape index (κ3) is 3.96. The molecular weight excluding hydrogens is 396 g/mol. The van der Waals surface area contributed by atoms with Crippen LogP contribution in [0.5, 0.6) is 0 Å². The number of nitrogens with one attached hydrogen (secondary N) is 1. The lowest BCUT2D eigenvalue weighted by Crippen LogP contribution is -2.12. The summed E-state index contributed by atoms with van der Waals surface area (Å²) < 4.78 is 50.1. The molecule has 0 saturated carbocycles. The summed E-state index contributed by atoms with van der Waals surface area (Å²) in [6, 6.07) is 6.03. The average molecular weight is 409 g/mol. The maximum absolute atomic E-state index is 12.7. The van der Waals surface area contributed by atoms with E-state index >= 15 is 0 Å². The number of aromatic nitrogens is 3. The van der Waals surface area contributed by atoms with Gasteiger partial charge in [-0.15, -0.1) is 0 Å². The predicted octanol–water partition coefficient (Wildman–Crippen LogP) is 2.78. The quantitative estimate of drug-likeness (QED) is 0.470. The molecule has 12 heteroatoms. The topological polar surface area (TPSA) is 120 Å². The van der Waals surface area contributed by atoms with Crippen LogP contribution in [0.1, 0.15) is 5.56 Å². The minimum Gasteiger partial charge on any atom is -0.375 e. The van der Waals surface area contributed by atoms with Crippen molar-refractivity contribution in [1.82, 2.24) is 14.5 Å². The smallest absolute Gasteiger partial charge is 0.341 e. The first-order chi connectivity index (χ1) is 13.3. The van der Waals surface area contributed by atoms with Crippen molar-refractivity contribution in [2.24, 2.45) is 0 Å². The number of anilines is 1. The van der Waals surface area contributed by atoms with Crippen LogP contribution in [0.3, 0.4) is 0 Å². The summed E-state index contributed by atoms with van der Waals surface area (Å²) in [5.74, 6) is -3.07. The summed E-state index contributed by atoms with van der Waals surface area (Å²) in [4.78, 5) is 17.7. The van der Waals surface area contributed by atoms with Crippen molar-refractivity contribution in [3.8, 4) is 5.82 Å². The number of pyridine rings is 1. The number of sulfone groups is 1. The Morgan fingerprint density at radius 3 is 2.64 bits per heavy atom. The number of benzene rings is 1. The summed E-state index contributed by atoms with van der Waals surface area (Å²) in [5.41, 5.74) is 0.113. The van der Waals surface area contributed by atoms with Gasteiger partial charge in [-0.3, -0.25) is 14.7 Å². The first-order valence-electron chi connectivity index (χ1n) is 7.76. The molecule has 0 radical (unpaired) electrons. The third-order valence-electron chi connectivity index (χ3n) is 3.79. The van der Waals surface area contributed by atoms with Crippen molar-refractivity contribution in [1.29, 1.82) is 0 Å². The molecule has 146 valence electrons. The second-order valence-corrected chi connectivity index (χ2v) is 7.51. The lowest BCUT2D eigenvalue weighted by atomic mass is 10.2. The fourth-order valence-electron chi connectivity index (χ4n) is 2.40. The van der Waals surface area contributed by atoms with Gasteiger partial charge in [-0.2, -0.15) is 8.78 Å². The molecule has 0 aliphatic carbocycles. The molecule has 0 aliphatic heterocycles. The Kier molecular flexibility index (Phi) is 5.31. The van der Waals surface area contributed by atoms with E-state index in [1.54, 1.807) is 41.6 Å². The molecule has 0 saturated heterocycles. The van der Waals surface area contributed by atoms with E-state index in [1.807, 2.05) is 0 Å². The standard InChI is InChI=1S/C16H13F2N5O4S/c17-16(18)28(26,27)12-1-2-13(14(8-12)23(24)25)21-9-11-3-4-20-15(7-11)22-6-5-19-10-22/h1-8,10,16,21H,9H2. The van der Waals surface area contributed by atoms with Gasteiger partial charge in [-0.05, 0) is 29.8 Å². The Morgan fingerprint density at radius 2 is 2.00 bits per heavy atom. The Bertz CT molecular complexity index is 1100. The van der Waals surface area contributed by atoms with E-state index in [0.29, 0.717) is 11.9 Å². The van der Waals surface area contributed by atoms with E-state index in [9.17, 15) is 27.3 Å². The van der Waals surface area contributed by atoms with Crippen molar-refractivity contribution < 1.29 is 22.1 Å². The van der Waals surface area contributed by atoms with Crippen LogP contribution in [0, 0.1) is 10.1 Å². The van der Waals surface area contributed by atoms with Gasteiger partial charge in [0, 0.05) is 31.2 Å². The molecule has 0 fully saturated rings. The van der Waals surface area contributed by atoms with Crippen LogP contribution < -0.4 is 5.32 Å². The van der Waals surface area contributed by atoms with Gasteiger partial charge in [0.05, 0.1) is 9.82 Å². The Labute approximate surface area is 157 Å². The molecule has 3 aromatic rings. The number of halogens is 2. The van der Waals surface area contributed by atoms with Crippen LogP contribution in [0.2, 0.25) is 0 Å². The van der Waals surface area contributed by atoms with E-state index in [1.165, 1.54) is 0 Å². The minimum absolute atomic E-state index is 0.000732. The van der Waals surface area contributed by atoms with Crippen LogP contribution in [0.4, 0.5) is 20.2 Å². The number of imidazole rings is 1. The molecule has 0 bridgehead atoms. The number of hydrogen-bond acceptors (Lipinski definition) is 7. The highest BCUT2D eigenvalue weighted by atomic mass is 32.2. The fraction of sp³-hybridized carbons (Fsp3) is 0.125. The van der Waals surface area contributed by atoms with Gasteiger partial charge in [-0.25, -0.2) is 18.4 Å². The molecule has 0 amide bonds. The zero-order valence-corrected chi connectivity index (χ0v) is 14.9. The number of hydrogen-bond donors (Lipinski definition) is 1. The molecule has 28 heavy (non-hydrogen) atoms. The highest BCUT2D eigenvalue weighted by molar-refractivity contribution is 7.91. The van der Waals surface area contributed by atoms with Crippen LogP contribution in [0.15, 0.2) is 60.1 Å². The SMILES string of the molecule is O=[N+]([O-])c1cc(S(=O)(=O)C(F)F)ccc1NCc1ccnc(-n2ccnc2)c1. The van der Waals surface area contributed by atoms with E-state index in [4.69, 9.17) is 0 Å². The Balaban J connectivity index is 1.85. The molecule has 1 N–H and O–H groups in total. The zero-order chi connectivity index (χ0) is 20.3.